The van der Waals surface area contributed by atoms with E-state index in [2.05, 4.69) is 15.5 Å². The predicted octanol–water partition coefficient (Wildman–Crippen LogP) is 2.83. The van der Waals surface area contributed by atoms with E-state index in [1.165, 1.54) is 6.07 Å². The van der Waals surface area contributed by atoms with Gasteiger partial charge in [0.25, 0.3) is 5.91 Å². The molecular weight excluding hydrogens is 406 g/mol. The lowest BCUT2D eigenvalue weighted by Crippen LogP contribution is -2.45. The molecule has 4 rings (SSSR count). The van der Waals surface area contributed by atoms with Gasteiger partial charge < -0.3 is 10.1 Å². The molecule has 2 aromatic rings. The number of nitrogens with one attached hydrogen (secondary N) is 2. The maximum atomic E-state index is 14.2. The number of ether oxygens (including phenoxy) is 1. The molecule has 6 nitrogen and oxygen atoms in total. The number of amides is 1. The fourth-order valence-corrected chi connectivity index (χ4v) is 3.92. The number of alkyl halides is 3. The van der Waals surface area contributed by atoms with Gasteiger partial charge in [-0.3, -0.25) is 14.7 Å². The number of ketones is 1. The predicted molar refractivity (Wildman–Crippen MR) is 96.8 cm³/mol. The summed E-state index contributed by atoms with van der Waals surface area (Å²) in [4.78, 5) is 25.3. The highest BCUT2D eigenvalue weighted by Gasteiger charge is 2.43. The molecule has 1 amide bonds. The van der Waals surface area contributed by atoms with E-state index < -0.39 is 35.6 Å². The fraction of sp³-hybridized carbons (Fsp3) is 0.450. The highest BCUT2D eigenvalue weighted by molar-refractivity contribution is 5.98. The van der Waals surface area contributed by atoms with Gasteiger partial charge in [-0.1, -0.05) is 0 Å². The first-order chi connectivity index (χ1) is 14.1. The Bertz CT molecular complexity index is 1020. The smallest absolute Gasteiger partial charge is 0.392 e. The van der Waals surface area contributed by atoms with Crippen molar-refractivity contribution in [2.45, 2.75) is 44.8 Å². The summed E-state index contributed by atoms with van der Waals surface area (Å²) in [6, 6.07) is 1.83. The van der Waals surface area contributed by atoms with Crippen LogP contribution < -0.4 is 10.1 Å². The zero-order valence-electron chi connectivity index (χ0n) is 16.0. The van der Waals surface area contributed by atoms with Crippen LogP contribution in [0.1, 0.15) is 39.3 Å². The Hall–Kier alpha value is -2.91. The third-order valence-corrected chi connectivity index (χ3v) is 5.57. The van der Waals surface area contributed by atoms with Crippen molar-refractivity contribution in [3.05, 3.63) is 46.0 Å². The van der Waals surface area contributed by atoms with Crippen molar-refractivity contribution in [2.75, 3.05) is 6.61 Å². The first-order valence-corrected chi connectivity index (χ1v) is 9.51. The summed E-state index contributed by atoms with van der Waals surface area (Å²) in [6.45, 7) is 1.48. The monoisotopic (exact) mass is 425 g/mol. The molecule has 0 fully saturated rings. The molecule has 1 aliphatic heterocycles. The van der Waals surface area contributed by atoms with Gasteiger partial charge in [-0.05, 0) is 43.9 Å². The summed E-state index contributed by atoms with van der Waals surface area (Å²) in [5.41, 5.74) is 1.30. The first kappa shape index (κ1) is 20.4. The number of aromatic amines is 1. The molecule has 1 aliphatic carbocycles. The zero-order chi connectivity index (χ0) is 21.6. The Labute approximate surface area is 169 Å². The number of halogens is 4. The van der Waals surface area contributed by atoms with Crippen LogP contribution in [-0.2, 0) is 24.1 Å². The number of rotatable bonds is 2. The molecule has 0 unspecified atom stereocenters. The summed E-state index contributed by atoms with van der Waals surface area (Å²) in [5, 5.41) is 8.98. The highest BCUT2D eigenvalue weighted by atomic mass is 19.4. The number of carbonyl (C=O) groups excluding carboxylic acids is 2. The van der Waals surface area contributed by atoms with Crippen LogP contribution in [0.3, 0.4) is 0 Å². The number of benzene rings is 1. The molecule has 0 saturated carbocycles. The Morgan fingerprint density at radius 1 is 1.30 bits per heavy atom. The van der Waals surface area contributed by atoms with Crippen molar-refractivity contribution < 1.29 is 31.9 Å². The van der Waals surface area contributed by atoms with Crippen LogP contribution in [0.4, 0.5) is 17.6 Å². The minimum Gasteiger partial charge on any atom is -0.491 e. The van der Waals surface area contributed by atoms with Crippen molar-refractivity contribution in [1.82, 2.24) is 15.5 Å². The number of fused-ring (bicyclic) bond motifs is 2. The van der Waals surface area contributed by atoms with Gasteiger partial charge in [0.2, 0.25) is 0 Å². The van der Waals surface area contributed by atoms with E-state index >= 15 is 0 Å². The van der Waals surface area contributed by atoms with E-state index in [0.717, 1.165) is 0 Å². The number of hydrogen-bond donors (Lipinski definition) is 2. The Balaban J connectivity index is 1.51. The molecule has 1 aromatic carbocycles. The van der Waals surface area contributed by atoms with Crippen LogP contribution in [0, 0.1) is 18.7 Å². The van der Waals surface area contributed by atoms with E-state index in [-0.39, 0.29) is 54.9 Å². The summed E-state index contributed by atoms with van der Waals surface area (Å²) in [6.07, 6.45) is -4.90. The quantitative estimate of drug-likeness (QED) is 0.725. The zero-order valence-corrected chi connectivity index (χ0v) is 16.0. The first-order valence-electron chi connectivity index (χ1n) is 9.51. The van der Waals surface area contributed by atoms with Crippen molar-refractivity contribution in [3.63, 3.8) is 0 Å². The minimum atomic E-state index is -4.36. The molecule has 2 heterocycles. The maximum absolute atomic E-state index is 14.2. The second kappa shape index (κ2) is 7.41. The van der Waals surface area contributed by atoms with Crippen LogP contribution >= 0.6 is 0 Å². The van der Waals surface area contributed by atoms with E-state index in [9.17, 15) is 27.2 Å². The lowest BCUT2D eigenvalue weighted by Gasteiger charge is -2.24. The summed E-state index contributed by atoms with van der Waals surface area (Å²) >= 11 is 0. The SMILES string of the molecule is Cc1cc(F)c2c(c1)OC[C@H](NC(=O)c1n[nH]c3c1C[C@@H](C(F)(F)F)CC3)C(=O)C2. The number of Topliss-reactive ketones (excluding diaryl/α,β-unsaturated/α-hetero) is 1. The van der Waals surface area contributed by atoms with Crippen LogP contribution in [0.15, 0.2) is 12.1 Å². The lowest BCUT2D eigenvalue weighted by molar-refractivity contribution is -0.177. The maximum Gasteiger partial charge on any atom is 0.392 e. The van der Waals surface area contributed by atoms with Gasteiger partial charge in [-0.25, -0.2) is 4.39 Å². The Morgan fingerprint density at radius 2 is 2.07 bits per heavy atom. The number of carbonyl (C=O) groups is 2. The summed E-state index contributed by atoms with van der Waals surface area (Å²) < 4.78 is 59.1. The van der Waals surface area contributed by atoms with E-state index in [0.29, 0.717) is 11.3 Å². The second-order valence-electron chi connectivity index (χ2n) is 7.71. The lowest BCUT2D eigenvalue weighted by atomic mass is 9.86. The van der Waals surface area contributed by atoms with Gasteiger partial charge in [0.1, 0.15) is 24.2 Å². The molecule has 0 radical (unpaired) electrons. The molecule has 0 bridgehead atoms. The number of hydrogen-bond acceptors (Lipinski definition) is 4. The van der Waals surface area contributed by atoms with Crippen LogP contribution in [0.2, 0.25) is 0 Å². The molecule has 2 aliphatic rings. The molecule has 0 saturated heterocycles. The average molecular weight is 425 g/mol. The van der Waals surface area contributed by atoms with Gasteiger partial charge in [-0.15, -0.1) is 0 Å². The Morgan fingerprint density at radius 3 is 2.80 bits per heavy atom. The summed E-state index contributed by atoms with van der Waals surface area (Å²) in [5.74, 6) is -3.09. The number of H-pyrrole nitrogens is 1. The summed E-state index contributed by atoms with van der Waals surface area (Å²) in [7, 11) is 0. The van der Waals surface area contributed by atoms with Crippen LogP contribution in [0.25, 0.3) is 0 Å². The normalized spacial score (nSPS) is 21.3. The Kier molecular flexibility index (Phi) is 5.03. The average Bonchev–Trinajstić information content (AvgIpc) is 3.03. The minimum absolute atomic E-state index is 0.0715. The topological polar surface area (TPSA) is 84.1 Å². The third kappa shape index (κ3) is 3.78. The number of aryl methyl sites for hydroxylation is 2. The van der Waals surface area contributed by atoms with Gasteiger partial charge in [0, 0.05) is 23.2 Å². The molecule has 0 spiro atoms. The molecule has 2 N–H and O–H groups in total. The van der Waals surface area contributed by atoms with Gasteiger partial charge in [-0.2, -0.15) is 18.3 Å². The molecule has 10 heteroatoms. The third-order valence-electron chi connectivity index (χ3n) is 5.57. The second-order valence-corrected chi connectivity index (χ2v) is 7.71. The van der Waals surface area contributed by atoms with Crippen LogP contribution in [0.5, 0.6) is 5.75 Å². The van der Waals surface area contributed by atoms with Crippen molar-refractivity contribution in [1.29, 1.82) is 0 Å². The van der Waals surface area contributed by atoms with Gasteiger partial charge in [0.15, 0.2) is 11.5 Å². The number of nitrogens with zero attached hydrogens (tertiary/aromatic N) is 1. The molecular formula is C20H19F4N3O3. The highest BCUT2D eigenvalue weighted by Crippen LogP contribution is 2.37. The van der Waals surface area contributed by atoms with E-state index in [4.69, 9.17) is 4.74 Å². The van der Waals surface area contributed by atoms with Crippen LogP contribution in [-0.4, -0.2) is 40.7 Å². The van der Waals surface area contributed by atoms with Gasteiger partial charge >= 0.3 is 6.18 Å². The molecule has 30 heavy (non-hydrogen) atoms. The fourth-order valence-electron chi connectivity index (χ4n) is 3.92. The molecule has 1 aromatic heterocycles. The number of aromatic nitrogens is 2. The van der Waals surface area contributed by atoms with Crippen molar-refractivity contribution in [3.8, 4) is 5.75 Å². The standard InChI is InChI=1S/C20H19F4N3O3/c1-9-4-13(21)11-7-16(28)15(8-30-17(11)5-9)25-19(29)18-12-6-10(20(22,23)24)2-3-14(12)26-27-18/h4-5,10,15H,2-3,6-8H2,1H3,(H,25,29)(H,26,27)/t10-,15-/m0/s1. The van der Waals surface area contributed by atoms with Gasteiger partial charge in [0.05, 0.1) is 5.92 Å². The molecule has 160 valence electrons. The van der Waals surface area contributed by atoms with E-state index in [1.54, 1.807) is 13.0 Å². The van der Waals surface area contributed by atoms with Crippen molar-refractivity contribution >= 4 is 11.7 Å². The molecule has 2 atom stereocenters. The largest absolute Gasteiger partial charge is 0.491 e. The van der Waals surface area contributed by atoms with Crippen molar-refractivity contribution in [2.24, 2.45) is 5.92 Å². The van der Waals surface area contributed by atoms with E-state index in [1.807, 2.05) is 0 Å².